The predicted molar refractivity (Wildman–Crippen MR) is 84.8 cm³/mol. The molecule has 0 fully saturated rings. The zero-order valence-corrected chi connectivity index (χ0v) is 13.5. The van der Waals surface area contributed by atoms with E-state index in [1.807, 2.05) is 6.07 Å². The van der Waals surface area contributed by atoms with Crippen LogP contribution in [0.2, 0.25) is 0 Å². The van der Waals surface area contributed by atoms with Gasteiger partial charge in [0.2, 0.25) is 0 Å². The summed E-state index contributed by atoms with van der Waals surface area (Å²) in [4.78, 5) is 0. The van der Waals surface area contributed by atoms with Gasteiger partial charge in [0.1, 0.15) is 5.75 Å². The molecule has 0 saturated heterocycles. The van der Waals surface area contributed by atoms with Gasteiger partial charge in [0.05, 0.1) is 7.11 Å². The van der Waals surface area contributed by atoms with Crippen LogP contribution in [0.3, 0.4) is 0 Å². The number of ether oxygens (including phenoxy) is 1. The summed E-state index contributed by atoms with van der Waals surface area (Å²) in [5.41, 5.74) is 2.81. The lowest BCUT2D eigenvalue weighted by molar-refractivity contribution is 0.410. The van der Waals surface area contributed by atoms with Crippen molar-refractivity contribution in [3.63, 3.8) is 0 Å². The smallest absolute Gasteiger partial charge is 0.119 e. The van der Waals surface area contributed by atoms with E-state index in [1.165, 1.54) is 24.0 Å². The minimum Gasteiger partial charge on any atom is -0.497 e. The molecule has 4 heteroatoms. The van der Waals surface area contributed by atoms with Gasteiger partial charge in [-0.25, -0.2) is 0 Å². The number of hydrogen-bond donors (Lipinski definition) is 1. The fraction of sp³-hybridized carbons (Fsp3) is 0.625. The van der Waals surface area contributed by atoms with Crippen LogP contribution in [0.5, 0.6) is 5.75 Å². The number of rotatable bonds is 6. The minimum absolute atomic E-state index is 0.265. The van der Waals surface area contributed by atoms with Crippen molar-refractivity contribution >= 4 is 10.8 Å². The van der Waals surface area contributed by atoms with Crippen molar-refractivity contribution in [2.24, 2.45) is 0 Å². The highest BCUT2D eigenvalue weighted by molar-refractivity contribution is 7.84. The van der Waals surface area contributed by atoms with Crippen LogP contribution in [0.15, 0.2) is 18.2 Å². The van der Waals surface area contributed by atoms with Crippen LogP contribution < -0.4 is 10.1 Å². The molecule has 3 unspecified atom stereocenters. The first-order valence-electron chi connectivity index (χ1n) is 7.34. The highest BCUT2D eigenvalue weighted by atomic mass is 32.2. The maximum atomic E-state index is 11.4. The monoisotopic (exact) mass is 295 g/mol. The third-order valence-electron chi connectivity index (χ3n) is 4.17. The Morgan fingerprint density at radius 1 is 1.50 bits per heavy atom. The van der Waals surface area contributed by atoms with E-state index in [0.29, 0.717) is 6.04 Å². The number of fused-ring (bicyclic) bond motifs is 1. The third kappa shape index (κ3) is 3.83. The van der Waals surface area contributed by atoms with Crippen molar-refractivity contribution in [2.45, 2.75) is 43.9 Å². The molecule has 0 aliphatic heterocycles. The van der Waals surface area contributed by atoms with Crippen LogP contribution in [0.4, 0.5) is 0 Å². The van der Waals surface area contributed by atoms with E-state index in [4.69, 9.17) is 4.74 Å². The summed E-state index contributed by atoms with van der Waals surface area (Å²) in [7, 11) is 0.992. The van der Waals surface area contributed by atoms with Crippen molar-refractivity contribution in [2.75, 3.05) is 19.9 Å². The van der Waals surface area contributed by atoms with Gasteiger partial charge < -0.3 is 10.1 Å². The third-order valence-corrected chi connectivity index (χ3v) is 5.54. The van der Waals surface area contributed by atoms with Crippen LogP contribution >= 0.6 is 0 Å². The van der Waals surface area contributed by atoms with E-state index in [1.54, 1.807) is 13.4 Å². The molecule has 1 N–H and O–H groups in total. The summed E-state index contributed by atoms with van der Waals surface area (Å²) in [5, 5.41) is 3.89. The number of hydrogen-bond acceptors (Lipinski definition) is 3. The summed E-state index contributed by atoms with van der Waals surface area (Å²) in [6.07, 6.45) is 6.29. The molecule has 112 valence electrons. The number of nitrogens with one attached hydrogen (secondary N) is 1. The molecule has 0 radical (unpaired) electrons. The Bertz CT molecular complexity index is 476. The Labute approximate surface area is 124 Å². The van der Waals surface area contributed by atoms with Crippen LogP contribution in [0.1, 0.15) is 43.4 Å². The van der Waals surface area contributed by atoms with Crippen LogP contribution in [0, 0.1) is 0 Å². The molecule has 1 aromatic carbocycles. The van der Waals surface area contributed by atoms with Gasteiger partial charge in [-0.2, -0.15) is 0 Å². The normalized spacial score (nSPS) is 21.1. The molecule has 0 aromatic heterocycles. The average molecular weight is 295 g/mol. The largest absolute Gasteiger partial charge is 0.497 e. The van der Waals surface area contributed by atoms with E-state index in [-0.39, 0.29) is 5.25 Å². The van der Waals surface area contributed by atoms with Gasteiger partial charge in [-0.1, -0.05) is 13.0 Å². The lowest BCUT2D eigenvalue weighted by Crippen LogP contribution is -2.28. The van der Waals surface area contributed by atoms with E-state index >= 15 is 0 Å². The van der Waals surface area contributed by atoms with E-state index < -0.39 is 10.8 Å². The molecule has 0 saturated carbocycles. The van der Waals surface area contributed by atoms with Crippen LogP contribution in [0.25, 0.3) is 0 Å². The van der Waals surface area contributed by atoms with Gasteiger partial charge in [0.15, 0.2) is 0 Å². The van der Waals surface area contributed by atoms with Crippen molar-refractivity contribution in [1.82, 2.24) is 5.32 Å². The number of methoxy groups -OCH3 is 1. The highest BCUT2D eigenvalue weighted by Crippen LogP contribution is 2.32. The molecule has 2 rings (SSSR count). The number of benzene rings is 1. The maximum absolute atomic E-state index is 11.4. The molecule has 1 aliphatic rings. The summed E-state index contributed by atoms with van der Waals surface area (Å²) in [5.74, 6) is 0.944. The Morgan fingerprint density at radius 2 is 2.30 bits per heavy atom. The fourth-order valence-corrected chi connectivity index (χ4v) is 3.21. The Morgan fingerprint density at radius 3 is 3.00 bits per heavy atom. The zero-order chi connectivity index (χ0) is 14.5. The molecule has 20 heavy (non-hydrogen) atoms. The van der Waals surface area contributed by atoms with Crippen molar-refractivity contribution in [3.05, 3.63) is 29.3 Å². The highest BCUT2D eigenvalue weighted by Gasteiger charge is 2.20. The molecular formula is C16H25NO2S. The first-order chi connectivity index (χ1) is 9.61. The van der Waals surface area contributed by atoms with Crippen LogP contribution in [-0.4, -0.2) is 29.4 Å². The number of aryl methyl sites for hydroxylation is 1. The Balaban J connectivity index is 1.96. The molecule has 0 spiro atoms. The SMILES string of the molecule is COc1ccc2c(c1)CCCC2NCCC(C)S(C)=O. The second-order valence-electron chi connectivity index (χ2n) is 5.56. The average Bonchev–Trinajstić information content (AvgIpc) is 2.46. The summed E-state index contributed by atoms with van der Waals surface area (Å²) in [6, 6.07) is 6.82. The Hall–Kier alpha value is -0.870. The molecule has 3 nitrogen and oxygen atoms in total. The van der Waals surface area contributed by atoms with Gasteiger partial charge in [-0.05, 0) is 55.5 Å². The van der Waals surface area contributed by atoms with Crippen molar-refractivity contribution < 1.29 is 8.95 Å². The predicted octanol–water partition coefficient (Wildman–Crippen LogP) is 2.82. The lowest BCUT2D eigenvalue weighted by Gasteiger charge is -2.27. The first-order valence-corrected chi connectivity index (χ1v) is 8.96. The first kappa shape index (κ1) is 15.5. The van der Waals surface area contributed by atoms with Gasteiger partial charge in [-0.15, -0.1) is 0 Å². The quantitative estimate of drug-likeness (QED) is 0.877. The molecule has 0 bridgehead atoms. The van der Waals surface area contributed by atoms with Gasteiger partial charge >= 0.3 is 0 Å². The molecule has 0 amide bonds. The second-order valence-corrected chi connectivity index (χ2v) is 7.36. The standard InChI is InChI=1S/C16H25NO2S/c1-12(20(3)18)9-10-17-16-6-4-5-13-11-14(19-2)7-8-15(13)16/h7-8,11-12,16-17H,4-6,9-10H2,1-3H3. The summed E-state index contributed by atoms with van der Waals surface area (Å²) < 4.78 is 16.7. The van der Waals surface area contributed by atoms with Gasteiger partial charge in [0, 0.05) is 28.3 Å². The molecule has 1 aliphatic carbocycles. The maximum Gasteiger partial charge on any atom is 0.119 e. The summed E-state index contributed by atoms with van der Waals surface area (Å²) in [6.45, 7) is 2.98. The van der Waals surface area contributed by atoms with E-state index in [2.05, 4.69) is 24.4 Å². The van der Waals surface area contributed by atoms with Crippen molar-refractivity contribution in [3.8, 4) is 5.75 Å². The van der Waals surface area contributed by atoms with Crippen molar-refractivity contribution in [1.29, 1.82) is 0 Å². The second kappa shape index (κ2) is 7.23. The molecule has 0 heterocycles. The molecular weight excluding hydrogens is 270 g/mol. The van der Waals surface area contributed by atoms with Gasteiger partial charge in [0.25, 0.3) is 0 Å². The zero-order valence-electron chi connectivity index (χ0n) is 12.6. The van der Waals surface area contributed by atoms with E-state index in [9.17, 15) is 4.21 Å². The molecule has 3 atom stereocenters. The Kier molecular flexibility index (Phi) is 5.61. The van der Waals surface area contributed by atoms with Crippen LogP contribution in [-0.2, 0) is 17.2 Å². The van der Waals surface area contributed by atoms with E-state index in [0.717, 1.165) is 25.1 Å². The molecule has 1 aromatic rings. The fourth-order valence-electron chi connectivity index (χ4n) is 2.76. The van der Waals surface area contributed by atoms with Gasteiger partial charge in [-0.3, -0.25) is 4.21 Å². The lowest BCUT2D eigenvalue weighted by atomic mass is 9.87. The topological polar surface area (TPSA) is 38.3 Å². The minimum atomic E-state index is -0.723. The summed E-state index contributed by atoms with van der Waals surface area (Å²) >= 11 is 0.